The predicted molar refractivity (Wildman–Crippen MR) is 120 cm³/mol. The highest BCUT2D eigenvalue weighted by atomic mass is 32.2. The van der Waals surface area contributed by atoms with Gasteiger partial charge in [0.2, 0.25) is 5.91 Å². The Balaban J connectivity index is 1.39. The molecule has 154 valence electrons. The van der Waals surface area contributed by atoms with Gasteiger partial charge in [-0.05, 0) is 23.1 Å². The molecule has 0 saturated carbocycles. The van der Waals surface area contributed by atoms with Gasteiger partial charge in [-0.1, -0.05) is 66.4 Å². The van der Waals surface area contributed by atoms with E-state index < -0.39 is 5.97 Å². The maximum absolute atomic E-state index is 12.5. The van der Waals surface area contributed by atoms with Crippen LogP contribution in [0, 0.1) is 0 Å². The fourth-order valence-corrected chi connectivity index (χ4v) is 5.45. The number of benzene rings is 2. The molecule has 1 unspecified atom stereocenters. The van der Waals surface area contributed by atoms with Crippen LogP contribution in [0.4, 0.5) is 0 Å². The third-order valence-electron chi connectivity index (χ3n) is 5.17. The van der Waals surface area contributed by atoms with Crippen LogP contribution in [0.3, 0.4) is 0 Å². The molecule has 1 atom stereocenters. The highest BCUT2D eigenvalue weighted by molar-refractivity contribution is 8.01. The van der Waals surface area contributed by atoms with Gasteiger partial charge >= 0.3 is 5.97 Å². The molecule has 1 aromatic heterocycles. The SMILES string of the molecule is COC(=O)c1csc(SCCN2C(=O)CCC2c2ccc(-c3ccccc3)cc2)n1. The largest absolute Gasteiger partial charge is 0.464 e. The monoisotopic (exact) mass is 438 g/mol. The Kier molecular flexibility index (Phi) is 6.50. The van der Waals surface area contributed by atoms with Gasteiger partial charge in [0.25, 0.3) is 0 Å². The lowest BCUT2D eigenvalue weighted by Crippen LogP contribution is -2.29. The highest BCUT2D eigenvalue weighted by Crippen LogP contribution is 2.34. The summed E-state index contributed by atoms with van der Waals surface area (Å²) in [5, 5.41) is 1.70. The molecule has 0 radical (unpaired) electrons. The summed E-state index contributed by atoms with van der Waals surface area (Å²) in [4.78, 5) is 30.2. The third kappa shape index (κ3) is 4.57. The van der Waals surface area contributed by atoms with Gasteiger partial charge in [-0.2, -0.15) is 0 Å². The van der Waals surface area contributed by atoms with Gasteiger partial charge in [0.1, 0.15) is 0 Å². The van der Waals surface area contributed by atoms with E-state index in [1.807, 2.05) is 23.1 Å². The molecule has 1 fully saturated rings. The fourth-order valence-electron chi connectivity index (χ4n) is 3.64. The van der Waals surface area contributed by atoms with E-state index in [0.29, 0.717) is 18.7 Å². The van der Waals surface area contributed by atoms with Crippen molar-refractivity contribution in [3.8, 4) is 11.1 Å². The zero-order valence-corrected chi connectivity index (χ0v) is 18.2. The summed E-state index contributed by atoms with van der Waals surface area (Å²) in [6, 6.07) is 18.9. The number of carbonyl (C=O) groups excluding carboxylic acids is 2. The van der Waals surface area contributed by atoms with Crippen LogP contribution in [-0.2, 0) is 9.53 Å². The molecule has 1 aliphatic rings. The summed E-state index contributed by atoms with van der Waals surface area (Å²) in [5.41, 5.74) is 3.87. The molecular weight excluding hydrogens is 416 g/mol. The van der Waals surface area contributed by atoms with Crippen molar-refractivity contribution in [1.29, 1.82) is 0 Å². The van der Waals surface area contributed by atoms with E-state index in [0.717, 1.165) is 16.5 Å². The van der Waals surface area contributed by atoms with Crippen LogP contribution in [-0.4, -0.2) is 41.2 Å². The first-order chi connectivity index (χ1) is 14.7. The van der Waals surface area contributed by atoms with E-state index >= 15 is 0 Å². The number of likely N-dealkylation sites (tertiary alicyclic amines) is 1. The Morgan fingerprint density at radius 1 is 1.17 bits per heavy atom. The second-order valence-corrected chi connectivity index (χ2v) is 9.17. The molecule has 1 aliphatic heterocycles. The van der Waals surface area contributed by atoms with Crippen LogP contribution in [0.1, 0.15) is 34.9 Å². The molecule has 4 rings (SSSR count). The number of hydrogen-bond donors (Lipinski definition) is 0. The van der Waals surface area contributed by atoms with Crippen molar-refractivity contribution in [3.05, 3.63) is 71.2 Å². The van der Waals surface area contributed by atoms with Gasteiger partial charge < -0.3 is 9.64 Å². The van der Waals surface area contributed by atoms with E-state index in [2.05, 4.69) is 41.4 Å². The topological polar surface area (TPSA) is 59.5 Å². The lowest BCUT2D eigenvalue weighted by Gasteiger charge is -2.25. The second kappa shape index (κ2) is 9.45. The number of ether oxygens (including phenoxy) is 1. The van der Waals surface area contributed by atoms with Crippen molar-refractivity contribution in [2.45, 2.75) is 23.2 Å². The van der Waals surface area contributed by atoms with Crippen molar-refractivity contribution in [2.75, 3.05) is 19.4 Å². The Morgan fingerprint density at radius 3 is 2.63 bits per heavy atom. The zero-order chi connectivity index (χ0) is 20.9. The minimum absolute atomic E-state index is 0.116. The quantitative estimate of drug-likeness (QED) is 0.381. The molecular formula is C23H22N2O3S2. The van der Waals surface area contributed by atoms with Crippen molar-refractivity contribution in [2.24, 2.45) is 0 Å². The Bertz CT molecular complexity index is 1020. The van der Waals surface area contributed by atoms with Gasteiger partial charge in [-0.3, -0.25) is 4.79 Å². The molecule has 0 bridgehead atoms. The lowest BCUT2D eigenvalue weighted by atomic mass is 9.99. The lowest BCUT2D eigenvalue weighted by molar-refractivity contribution is -0.128. The van der Waals surface area contributed by atoms with Crippen molar-refractivity contribution in [1.82, 2.24) is 9.88 Å². The number of thiazole rings is 1. The van der Waals surface area contributed by atoms with Crippen LogP contribution in [0.15, 0.2) is 64.3 Å². The summed E-state index contributed by atoms with van der Waals surface area (Å²) in [5.74, 6) is 0.507. The molecule has 0 N–H and O–H groups in total. The molecule has 7 heteroatoms. The van der Waals surface area contributed by atoms with E-state index in [9.17, 15) is 9.59 Å². The molecule has 1 amide bonds. The highest BCUT2D eigenvalue weighted by Gasteiger charge is 2.31. The average Bonchev–Trinajstić information content (AvgIpc) is 3.41. The standard InChI is InChI=1S/C23H22N2O3S2/c1-28-22(27)19-15-30-23(24-19)29-14-13-25-20(11-12-21(25)26)18-9-7-17(8-10-18)16-5-3-2-4-6-16/h2-10,15,20H,11-14H2,1H3. The maximum Gasteiger partial charge on any atom is 0.357 e. The van der Waals surface area contributed by atoms with Crippen molar-refractivity contribution >= 4 is 35.0 Å². The minimum atomic E-state index is -0.424. The number of aromatic nitrogens is 1. The first kappa shape index (κ1) is 20.6. The summed E-state index contributed by atoms with van der Waals surface area (Å²) in [6.07, 6.45) is 1.43. The van der Waals surface area contributed by atoms with Gasteiger partial charge in [-0.15, -0.1) is 11.3 Å². The van der Waals surface area contributed by atoms with E-state index in [4.69, 9.17) is 4.74 Å². The summed E-state index contributed by atoms with van der Waals surface area (Å²) >= 11 is 2.98. The Morgan fingerprint density at radius 2 is 1.90 bits per heavy atom. The molecule has 1 saturated heterocycles. The number of hydrogen-bond acceptors (Lipinski definition) is 6. The number of nitrogens with zero attached hydrogens (tertiary/aromatic N) is 2. The van der Waals surface area contributed by atoms with E-state index in [1.54, 1.807) is 17.1 Å². The number of amides is 1. The number of methoxy groups -OCH3 is 1. The number of rotatable bonds is 7. The van der Waals surface area contributed by atoms with Crippen molar-refractivity contribution in [3.63, 3.8) is 0 Å². The predicted octanol–water partition coefficient (Wildman–Crippen LogP) is 5.05. The van der Waals surface area contributed by atoms with Gasteiger partial charge in [0.05, 0.1) is 13.2 Å². The van der Waals surface area contributed by atoms with E-state index in [1.165, 1.54) is 35.1 Å². The van der Waals surface area contributed by atoms with Gasteiger partial charge in [0, 0.05) is 24.1 Å². The molecule has 2 aromatic carbocycles. The zero-order valence-electron chi connectivity index (χ0n) is 16.6. The normalized spacial score (nSPS) is 16.1. The van der Waals surface area contributed by atoms with Crippen LogP contribution in [0.5, 0.6) is 0 Å². The molecule has 3 aromatic rings. The average molecular weight is 439 g/mol. The third-order valence-corrected chi connectivity index (χ3v) is 7.17. The van der Waals surface area contributed by atoms with Crippen LogP contribution in [0.25, 0.3) is 11.1 Å². The van der Waals surface area contributed by atoms with E-state index in [-0.39, 0.29) is 11.9 Å². The fraction of sp³-hybridized carbons (Fsp3) is 0.261. The first-order valence-corrected chi connectivity index (χ1v) is 11.6. The molecule has 5 nitrogen and oxygen atoms in total. The maximum atomic E-state index is 12.5. The number of carbonyl (C=O) groups is 2. The smallest absolute Gasteiger partial charge is 0.357 e. The summed E-state index contributed by atoms with van der Waals surface area (Å²) < 4.78 is 5.50. The van der Waals surface area contributed by atoms with Crippen LogP contribution >= 0.6 is 23.1 Å². The molecule has 30 heavy (non-hydrogen) atoms. The second-order valence-electron chi connectivity index (χ2n) is 6.97. The van der Waals surface area contributed by atoms with Gasteiger partial charge in [0.15, 0.2) is 10.0 Å². The first-order valence-electron chi connectivity index (χ1n) is 9.77. The molecule has 0 spiro atoms. The minimum Gasteiger partial charge on any atom is -0.464 e. The Labute approximate surface area is 184 Å². The van der Waals surface area contributed by atoms with Crippen LogP contribution in [0.2, 0.25) is 0 Å². The van der Waals surface area contributed by atoms with Crippen molar-refractivity contribution < 1.29 is 14.3 Å². The Hall–Kier alpha value is -2.64. The number of esters is 1. The van der Waals surface area contributed by atoms with Crippen LogP contribution < -0.4 is 0 Å². The summed E-state index contributed by atoms with van der Waals surface area (Å²) in [6.45, 7) is 0.655. The summed E-state index contributed by atoms with van der Waals surface area (Å²) in [7, 11) is 1.35. The van der Waals surface area contributed by atoms with Gasteiger partial charge in [-0.25, -0.2) is 9.78 Å². The number of thioether (sulfide) groups is 1. The molecule has 0 aliphatic carbocycles. The molecule has 2 heterocycles.